The fraction of sp³-hybridized carbons (Fsp3) is 0.588. The highest BCUT2D eigenvalue weighted by atomic mass is 16.3. The van der Waals surface area contributed by atoms with Crippen molar-refractivity contribution < 1.29 is 9.90 Å². The van der Waals surface area contributed by atoms with Crippen LogP contribution >= 0.6 is 0 Å². The topological polar surface area (TPSA) is 52.6 Å². The monoisotopic (exact) mass is 292 g/mol. The summed E-state index contributed by atoms with van der Waals surface area (Å²) in [7, 11) is 0. The first-order chi connectivity index (χ1) is 9.99. The highest BCUT2D eigenvalue weighted by Crippen LogP contribution is 2.17. The summed E-state index contributed by atoms with van der Waals surface area (Å²) < 4.78 is 0. The second-order valence-corrected chi connectivity index (χ2v) is 5.58. The molecule has 2 N–H and O–H groups in total. The normalized spacial score (nSPS) is 12.3. The number of rotatable bonds is 8. The summed E-state index contributed by atoms with van der Waals surface area (Å²) in [5.41, 5.74) is 1.75. The van der Waals surface area contributed by atoms with Crippen LogP contribution in [0.5, 0.6) is 0 Å². The molecule has 0 fully saturated rings. The van der Waals surface area contributed by atoms with Crippen LogP contribution in [0.25, 0.3) is 0 Å². The molecule has 1 amide bonds. The van der Waals surface area contributed by atoms with Gasteiger partial charge in [0.25, 0.3) is 5.91 Å². The second kappa shape index (κ2) is 8.67. The van der Waals surface area contributed by atoms with Gasteiger partial charge >= 0.3 is 0 Å². The molecular formula is C17H28N2O2. The molecule has 118 valence electrons. The number of aliphatic hydroxyl groups is 1. The van der Waals surface area contributed by atoms with Crippen LogP contribution in [0, 0.1) is 0 Å². The first-order valence-electron chi connectivity index (χ1n) is 7.82. The third kappa shape index (κ3) is 5.38. The maximum absolute atomic E-state index is 12.0. The Bertz CT molecular complexity index is 429. The van der Waals surface area contributed by atoms with E-state index in [-0.39, 0.29) is 5.91 Å². The number of hydrogen-bond acceptors (Lipinski definition) is 3. The number of nitrogens with zero attached hydrogens (tertiary/aromatic N) is 1. The Morgan fingerprint density at radius 2 is 1.86 bits per heavy atom. The Morgan fingerprint density at radius 3 is 2.33 bits per heavy atom. The maximum Gasteiger partial charge on any atom is 0.251 e. The van der Waals surface area contributed by atoms with Crippen LogP contribution in [0.4, 0.5) is 5.69 Å². The first-order valence-corrected chi connectivity index (χ1v) is 7.82. The summed E-state index contributed by atoms with van der Waals surface area (Å²) in [4.78, 5) is 14.3. The molecule has 0 aromatic heterocycles. The summed E-state index contributed by atoms with van der Waals surface area (Å²) in [5, 5.41) is 12.4. The third-order valence-electron chi connectivity index (χ3n) is 3.55. The average Bonchev–Trinajstić information content (AvgIpc) is 2.46. The van der Waals surface area contributed by atoms with Crippen molar-refractivity contribution in [3.8, 4) is 0 Å². The molecule has 4 nitrogen and oxygen atoms in total. The lowest BCUT2D eigenvalue weighted by Gasteiger charge is -2.27. The lowest BCUT2D eigenvalue weighted by atomic mass is 10.1. The van der Waals surface area contributed by atoms with Crippen LogP contribution in [0.3, 0.4) is 0 Å². The van der Waals surface area contributed by atoms with Gasteiger partial charge < -0.3 is 15.3 Å². The average molecular weight is 292 g/mol. The zero-order valence-electron chi connectivity index (χ0n) is 13.6. The Morgan fingerprint density at radius 1 is 1.24 bits per heavy atom. The van der Waals surface area contributed by atoms with Crippen molar-refractivity contribution in [2.24, 2.45) is 0 Å². The summed E-state index contributed by atoms with van der Waals surface area (Å²) >= 11 is 0. The van der Waals surface area contributed by atoms with Crippen LogP contribution in [0.2, 0.25) is 0 Å². The minimum atomic E-state index is -0.463. The molecule has 1 aromatic rings. The Balaban J connectivity index is 2.63. The molecule has 0 aliphatic heterocycles. The van der Waals surface area contributed by atoms with E-state index in [0.717, 1.165) is 18.7 Å². The fourth-order valence-electron chi connectivity index (χ4n) is 2.40. The zero-order valence-corrected chi connectivity index (χ0v) is 13.6. The molecule has 1 rings (SSSR count). The highest BCUT2D eigenvalue weighted by molar-refractivity contribution is 5.94. The van der Waals surface area contributed by atoms with Gasteiger partial charge in [-0.25, -0.2) is 0 Å². The molecule has 4 heteroatoms. The molecular weight excluding hydrogens is 264 g/mol. The third-order valence-corrected chi connectivity index (χ3v) is 3.55. The van der Waals surface area contributed by atoms with Crippen LogP contribution < -0.4 is 10.2 Å². The lowest BCUT2D eigenvalue weighted by molar-refractivity contribution is 0.0910. The van der Waals surface area contributed by atoms with E-state index < -0.39 is 6.10 Å². The van der Waals surface area contributed by atoms with Gasteiger partial charge in [0.15, 0.2) is 0 Å². The van der Waals surface area contributed by atoms with E-state index in [1.165, 1.54) is 0 Å². The number of carbonyl (C=O) groups excluding carboxylic acids is 1. The van der Waals surface area contributed by atoms with Crippen LogP contribution in [-0.4, -0.2) is 36.2 Å². The van der Waals surface area contributed by atoms with Gasteiger partial charge in [0.2, 0.25) is 0 Å². The molecule has 0 radical (unpaired) electrons. The van der Waals surface area contributed by atoms with Gasteiger partial charge in [-0.3, -0.25) is 4.79 Å². The SMILES string of the molecule is CCCC(O)CNC(=O)c1ccc(N(CC)C(C)C)cc1. The molecule has 0 heterocycles. The van der Waals surface area contributed by atoms with Crippen LogP contribution in [0.1, 0.15) is 50.9 Å². The summed E-state index contributed by atoms with van der Waals surface area (Å²) in [6.07, 6.45) is 1.15. The van der Waals surface area contributed by atoms with E-state index in [9.17, 15) is 9.90 Å². The molecule has 1 unspecified atom stereocenters. The van der Waals surface area contributed by atoms with Gasteiger partial charge in [0.1, 0.15) is 0 Å². The van der Waals surface area contributed by atoms with Crippen molar-refractivity contribution in [1.82, 2.24) is 5.32 Å². The first kappa shape index (κ1) is 17.5. The van der Waals surface area contributed by atoms with Gasteiger partial charge in [-0.15, -0.1) is 0 Å². The number of aliphatic hydroxyl groups excluding tert-OH is 1. The van der Waals surface area contributed by atoms with E-state index in [0.29, 0.717) is 24.6 Å². The molecule has 0 saturated heterocycles. The Kier molecular flexibility index (Phi) is 7.23. The largest absolute Gasteiger partial charge is 0.391 e. The Hall–Kier alpha value is -1.55. The van der Waals surface area contributed by atoms with Gasteiger partial charge in [-0.05, 0) is 51.5 Å². The molecule has 1 aromatic carbocycles. The van der Waals surface area contributed by atoms with Gasteiger partial charge in [-0.1, -0.05) is 13.3 Å². The summed E-state index contributed by atoms with van der Waals surface area (Å²) in [6, 6.07) is 8.05. The second-order valence-electron chi connectivity index (χ2n) is 5.58. The zero-order chi connectivity index (χ0) is 15.8. The summed E-state index contributed by atoms with van der Waals surface area (Å²) in [6.45, 7) is 9.68. The smallest absolute Gasteiger partial charge is 0.251 e. The van der Waals surface area contributed by atoms with Gasteiger partial charge in [0.05, 0.1) is 6.10 Å². The highest BCUT2D eigenvalue weighted by Gasteiger charge is 2.11. The van der Waals surface area contributed by atoms with Gasteiger partial charge in [0, 0.05) is 30.4 Å². The quantitative estimate of drug-likeness (QED) is 0.774. The number of benzene rings is 1. The van der Waals surface area contributed by atoms with Crippen molar-refractivity contribution >= 4 is 11.6 Å². The predicted molar refractivity (Wildman–Crippen MR) is 87.8 cm³/mol. The van der Waals surface area contributed by atoms with E-state index in [4.69, 9.17) is 0 Å². The molecule has 1 atom stereocenters. The van der Waals surface area contributed by atoms with Gasteiger partial charge in [-0.2, -0.15) is 0 Å². The van der Waals surface area contributed by atoms with Crippen LogP contribution in [0.15, 0.2) is 24.3 Å². The van der Waals surface area contributed by atoms with Crippen molar-refractivity contribution in [3.05, 3.63) is 29.8 Å². The predicted octanol–water partition coefficient (Wildman–Crippen LogP) is 2.81. The van der Waals surface area contributed by atoms with E-state index in [1.54, 1.807) is 0 Å². The molecule has 0 aliphatic rings. The van der Waals surface area contributed by atoms with E-state index >= 15 is 0 Å². The van der Waals surface area contributed by atoms with Crippen molar-refractivity contribution in [2.45, 2.75) is 52.7 Å². The van der Waals surface area contributed by atoms with E-state index in [1.807, 2.05) is 31.2 Å². The molecule has 21 heavy (non-hydrogen) atoms. The van der Waals surface area contributed by atoms with Crippen molar-refractivity contribution in [3.63, 3.8) is 0 Å². The molecule has 0 bridgehead atoms. The number of amides is 1. The molecule has 0 aliphatic carbocycles. The summed E-state index contributed by atoms with van der Waals surface area (Å²) in [5.74, 6) is -0.135. The standard InChI is InChI=1S/C17H28N2O2/c1-5-7-16(20)12-18-17(21)14-8-10-15(11-9-14)19(6-2)13(3)4/h8-11,13,16,20H,5-7,12H2,1-4H3,(H,18,21). The number of carbonyl (C=O) groups is 1. The fourth-order valence-corrected chi connectivity index (χ4v) is 2.40. The lowest BCUT2D eigenvalue weighted by Crippen LogP contribution is -2.32. The van der Waals surface area contributed by atoms with Crippen molar-refractivity contribution in [1.29, 1.82) is 0 Å². The van der Waals surface area contributed by atoms with Crippen molar-refractivity contribution in [2.75, 3.05) is 18.0 Å². The minimum absolute atomic E-state index is 0.135. The minimum Gasteiger partial charge on any atom is -0.391 e. The number of anilines is 1. The molecule has 0 spiro atoms. The maximum atomic E-state index is 12.0. The Labute approximate surface area is 128 Å². The van der Waals surface area contributed by atoms with Crippen LogP contribution in [-0.2, 0) is 0 Å². The molecule has 0 saturated carbocycles. The number of hydrogen-bond donors (Lipinski definition) is 2. The number of nitrogens with one attached hydrogen (secondary N) is 1. The van der Waals surface area contributed by atoms with E-state index in [2.05, 4.69) is 31.0 Å².